The second-order valence-electron chi connectivity index (χ2n) is 5.97. The minimum atomic E-state index is 0.597. The van der Waals surface area contributed by atoms with Crippen LogP contribution in [0.15, 0.2) is 41.2 Å². The molecule has 0 radical (unpaired) electrons. The Labute approximate surface area is 144 Å². The molecule has 3 heterocycles. The van der Waals surface area contributed by atoms with Gasteiger partial charge in [-0.25, -0.2) is 4.98 Å². The summed E-state index contributed by atoms with van der Waals surface area (Å²) in [6.45, 7) is 3.80. The van der Waals surface area contributed by atoms with Gasteiger partial charge >= 0.3 is 0 Å². The molecule has 0 saturated heterocycles. The highest BCUT2D eigenvalue weighted by atomic mass is 16.5. The highest BCUT2D eigenvalue weighted by molar-refractivity contribution is 5.82. The van der Waals surface area contributed by atoms with E-state index in [4.69, 9.17) is 14.8 Å². The number of fused-ring (bicyclic) bond motifs is 1. The van der Waals surface area contributed by atoms with Crippen LogP contribution in [0.5, 0.6) is 0 Å². The van der Waals surface area contributed by atoms with Crippen LogP contribution in [0.4, 0.5) is 0 Å². The third-order valence-corrected chi connectivity index (χ3v) is 4.33. The van der Waals surface area contributed by atoms with Crippen molar-refractivity contribution >= 4 is 11.0 Å². The molecule has 4 aromatic rings. The summed E-state index contributed by atoms with van der Waals surface area (Å²) in [5.41, 5.74) is 5.99. The van der Waals surface area contributed by atoms with Crippen molar-refractivity contribution in [2.45, 2.75) is 13.8 Å². The average molecular weight is 329 g/mol. The van der Waals surface area contributed by atoms with E-state index < -0.39 is 0 Å². The fourth-order valence-corrected chi connectivity index (χ4v) is 3.12. The van der Waals surface area contributed by atoms with Crippen molar-refractivity contribution in [3.05, 3.63) is 53.7 Å². The van der Waals surface area contributed by atoms with Gasteiger partial charge in [0.25, 0.3) is 0 Å². The highest BCUT2D eigenvalue weighted by Gasteiger charge is 2.15. The number of rotatable bonds is 2. The third-order valence-electron chi connectivity index (χ3n) is 4.33. The molecule has 122 valence electrons. The maximum absolute atomic E-state index is 9.07. The van der Waals surface area contributed by atoms with Crippen LogP contribution in [0.2, 0.25) is 0 Å². The Kier molecular flexibility index (Phi) is 3.36. The molecule has 4 rings (SSSR count). The number of benzene rings is 1. The zero-order valence-corrected chi connectivity index (χ0v) is 14.1. The van der Waals surface area contributed by atoms with E-state index in [1.54, 1.807) is 24.5 Å². The second kappa shape index (κ2) is 5.56. The van der Waals surface area contributed by atoms with Crippen molar-refractivity contribution in [2.24, 2.45) is 7.05 Å². The molecule has 3 aromatic heterocycles. The van der Waals surface area contributed by atoms with Gasteiger partial charge < -0.3 is 9.09 Å². The third kappa shape index (κ3) is 2.37. The van der Waals surface area contributed by atoms with E-state index >= 15 is 0 Å². The van der Waals surface area contributed by atoms with Crippen molar-refractivity contribution < 1.29 is 4.52 Å². The predicted molar refractivity (Wildman–Crippen MR) is 93.6 cm³/mol. The fourth-order valence-electron chi connectivity index (χ4n) is 3.12. The summed E-state index contributed by atoms with van der Waals surface area (Å²) in [6, 6.07) is 9.69. The van der Waals surface area contributed by atoms with E-state index in [1.165, 1.54) is 0 Å². The Morgan fingerprint density at radius 1 is 1.12 bits per heavy atom. The molecule has 1 aromatic carbocycles. The monoisotopic (exact) mass is 329 g/mol. The predicted octanol–water partition coefficient (Wildman–Crippen LogP) is 3.78. The molecule has 0 saturated carbocycles. The summed E-state index contributed by atoms with van der Waals surface area (Å²) in [5.74, 6) is 1.56. The van der Waals surface area contributed by atoms with Crippen molar-refractivity contribution in [3.8, 4) is 28.6 Å². The lowest BCUT2D eigenvalue weighted by molar-refractivity contribution is 0.393. The van der Waals surface area contributed by atoms with Gasteiger partial charge in [-0.1, -0.05) is 5.16 Å². The van der Waals surface area contributed by atoms with Gasteiger partial charge in [0.15, 0.2) is 0 Å². The minimum absolute atomic E-state index is 0.597. The summed E-state index contributed by atoms with van der Waals surface area (Å²) in [7, 11) is 1.96. The van der Waals surface area contributed by atoms with Crippen LogP contribution in [0, 0.1) is 25.2 Å². The number of hydrogen-bond acceptors (Lipinski definition) is 5. The molecule has 0 aliphatic heterocycles. The lowest BCUT2D eigenvalue weighted by atomic mass is 10.0. The zero-order valence-electron chi connectivity index (χ0n) is 14.1. The van der Waals surface area contributed by atoms with E-state index in [9.17, 15) is 0 Å². The molecular formula is C19H15N5O. The molecule has 0 fully saturated rings. The fraction of sp³-hybridized carbons (Fsp3) is 0.158. The number of aromatic nitrogens is 4. The van der Waals surface area contributed by atoms with Crippen molar-refractivity contribution in [2.75, 3.05) is 0 Å². The van der Waals surface area contributed by atoms with Crippen LogP contribution in [0.3, 0.4) is 0 Å². The first-order chi connectivity index (χ1) is 12.1. The SMILES string of the molecule is Cc1noc(C)c1-c1cncc(-c2nc3cc(C#N)ccc3n2C)c1. The summed E-state index contributed by atoms with van der Waals surface area (Å²) in [4.78, 5) is 9.06. The van der Waals surface area contributed by atoms with E-state index in [0.29, 0.717) is 5.56 Å². The van der Waals surface area contributed by atoms with E-state index in [0.717, 1.165) is 45.0 Å². The van der Waals surface area contributed by atoms with Crippen LogP contribution < -0.4 is 0 Å². The van der Waals surface area contributed by atoms with Gasteiger partial charge in [-0.2, -0.15) is 5.26 Å². The van der Waals surface area contributed by atoms with Gasteiger partial charge in [0, 0.05) is 36.1 Å². The summed E-state index contributed by atoms with van der Waals surface area (Å²) >= 11 is 0. The Morgan fingerprint density at radius 3 is 2.64 bits per heavy atom. The topological polar surface area (TPSA) is 80.5 Å². The Hall–Kier alpha value is -3.46. The standard InChI is InChI=1S/C19H15N5O/c1-11-18(12(2)25-23-11)14-7-15(10-21-9-14)19-22-16-6-13(8-20)4-5-17(16)24(19)3/h4-7,9-10H,1-3H3. The van der Waals surface area contributed by atoms with Gasteiger partial charge in [-0.05, 0) is 38.1 Å². The molecule has 0 bridgehead atoms. The summed E-state index contributed by atoms with van der Waals surface area (Å²) < 4.78 is 7.27. The molecule has 0 amide bonds. The van der Waals surface area contributed by atoms with Crippen molar-refractivity contribution in [1.82, 2.24) is 19.7 Å². The molecule has 25 heavy (non-hydrogen) atoms. The first-order valence-corrected chi connectivity index (χ1v) is 7.83. The summed E-state index contributed by atoms with van der Waals surface area (Å²) in [6.07, 6.45) is 3.58. The highest BCUT2D eigenvalue weighted by Crippen LogP contribution is 2.30. The van der Waals surface area contributed by atoms with Crippen LogP contribution in [-0.4, -0.2) is 19.7 Å². The van der Waals surface area contributed by atoms with Crippen molar-refractivity contribution in [3.63, 3.8) is 0 Å². The average Bonchev–Trinajstić information content (AvgIpc) is 3.14. The molecule has 0 atom stereocenters. The number of pyridine rings is 1. The first-order valence-electron chi connectivity index (χ1n) is 7.83. The lowest BCUT2D eigenvalue weighted by Crippen LogP contribution is -1.94. The number of nitriles is 1. The molecule has 0 spiro atoms. The molecule has 0 aliphatic rings. The van der Waals surface area contributed by atoms with Crippen LogP contribution >= 0.6 is 0 Å². The number of imidazole rings is 1. The number of aryl methyl sites for hydroxylation is 3. The molecule has 6 nitrogen and oxygen atoms in total. The van der Waals surface area contributed by atoms with Gasteiger partial charge in [0.05, 0.1) is 28.4 Å². The lowest BCUT2D eigenvalue weighted by Gasteiger charge is -2.05. The van der Waals surface area contributed by atoms with Gasteiger partial charge in [-0.15, -0.1) is 0 Å². The summed E-state index contributed by atoms with van der Waals surface area (Å²) in [5, 5.41) is 13.1. The smallest absolute Gasteiger partial charge is 0.142 e. The van der Waals surface area contributed by atoms with E-state index in [2.05, 4.69) is 16.2 Å². The number of nitrogens with zero attached hydrogens (tertiary/aromatic N) is 5. The molecule has 0 N–H and O–H groups in total. The van der Waals surface area contributed by atoms with Crippen molar-refractivity contribution in [1.29, 1.82) is 5.26 Å². The van der Waals surface area contributed by atoms with Gasteiger partial charge in [-0.3, -0.25) is 4.98 Å². The normalized spacial score (nSPS) is 11.0. The van der Waals surface area contributed by atoms with E-state index in [-0.39, 0.29) is 0 Å². The van der Waals surface area contributed by atoms with Gasteiger partial charge in [0.2, 0.25) is 0 Å². The quantitative estimate of drug-likeness (QED) is 0.559. The van der Waals surface area contributed by atoms with Gasteiger partial charge in [0.1, 0.15) is 11.6 Å². The maximum atomic E-state index is 9.07. The molecular weight excluding hydrogens is 314 g/mol. The Bertz CT molecular complexity index is 1130. The first kappa shape index (κ1) is 15.1. The molecule has 6 heteroatoms. The molecule has 0 unspecified atom stereocenters. The maximum Gasteiger partial charge on any atom is 0.142 e. The Balaban J connectivity index is 1.89. The van der Waals surface area contributed by atoms with E-state index in [1.807, 2.05) is 37.6 Å². The second-order valence-corrected chi connectivity index (χ2v) is 5.97. The van der Waals surface area contributed by atoms with Crippen LogP contribution in [0.25, 0.3) is 33.5 Å². The largest absolute Gasteiger partial charge is 0.361 e. The number of hydrogen-bond donors (Lipinski definition) is 0. The molecule has 0 aliphatic carbocycles. The van der Waals surface area contributed by atoms with Crippen LogP contribution in [0.1, 0.15) is 17.0 Å². The van der Waals surface area contributed by atoms with Crippen LogP contribution in [-0.2, 0) is 7.05 Å². The Morgan fingerprint density at radius 2 is 1.92 bits per heavy atom. The zero-order chi connectivity index (χ0) is 17.6. The minimum Gasteiger partial charge on any atom is -0.361 e.